The van der Waals surface area contributed by atoms with Crippen molar-refractivity contribution in [3.63, 3.8) is 0 Å². The standard InChI is InChI=1S/C34H35F3N6O2/c1-3-23-20-43(21-25-16-27(6-7-28(23)25)45-31-8-9-39-33-29(31)17-26(18-38)40-33)32(44)15-22-4-5-24(30(14-22)34(35,36)37)19-42-12-10-41(2)11-13-42/h4-9,14,16-17,23H,3,10-13,15,19-21H2,1-2H3,(H,39,40)/t23-/m0/s1. The van der Waals surface area contributed by atoms with Gasteiger partial charge in [-0.1, -0.05) is 25.1 Å². The number of hydrogen-bond acceptors (Lipinski definition) is 6. The van der Waals surface area contributed by atoms with Gasteiger partial charge in [-0.15, -0.1) is 0 Å². The number of H-pyrrole nitrogens is 1. The van der Waals surface area contributed by atoms with Crippen LogP contribution in [-0.4, -0.2) is 70.3 Å². The average molecular weight is 617 g/mol. The Labute approximate surface area is 260 Å². The van der Waals surface area contributed by atoms with Crippen LogP contribution in [0.25, 0.3) is 11.0 Å². The summed E-state index contributed by atoms with van der Waals surface area (Å²) in [5.74, 6) is 1.01. The molecule has 8 nitrogen and oxygen atoms in total. The molecule has 0 unspecified atom stereocenters. The number of nitrogens with one attached hydrogen (secondary N) is 1. The van der Waals surface area contributed by atoms with Crippen molar-refractivity contribution in [1.29, 1.82) is 5.26 Å². The number of aromatic amines is 1. The summed E-state index contributed by atoms with van der Waals surface area (Å²) in [6.45, 7) is 6.22. The molecule has 4 aromatic rings. The lowest BCUT2D eigenvalue weighted by atomic mass is 9.87. The van der Waals surface area contributed by atoms with E-state index < -0.39 is 11.7 Å². The zero-order chi connectivity index (χ0) is 31.7. The third kappa shape index (κ3) is 6.67. The number of halogens is 3. The molecular formula is C34H35F3N6O2. The van der Waals surface area contributed by atoms with Crippen LogP contribution in [0.1, 0.15) is 52.8 Å². The minimum Gasteiger partial charge on any atom is -0.457 e. The Morgan fingerprint density at radius 2 is 1.91 bits per heavy atom. The zero-order valence-corrected chi connectivity index (χ0v) is 25.3. The number of piperazine rings is 1. The maximum atomic E-state index is 14.1. The van der Waals surface area contributed by atoms with Crippen molar-refractivity contribution in [2.24, 2.45) is 0 Å². The summed E-state index contributed by atoms with van der Waals surface area (Å²) in [5, 5.41) is 9.94. The van der Waals surface area contributed by atoms with Crippen LogP contribution in [0.5, 0.6) is 11.5 Å². The molecule has 2 aliphatic rings. The van der Waals surface area contributed by atoms with Crippen LogP contribution in [0.3, 0.4) is 0 Å². The summed E-state index contributed by atoms with van der Waals surface area (Å²) in [6.07, 6.45) is -2.21. The van der Waals surface area contributed by atoms with Crippen molar-refractivity contribution in [2.75, 3.05) is 39.8 Å². The number of pyridine rings is 1. The van der Waals surface area contributed by atoms with Gasteiger partial charge in [0.1, 0.15) is 28.9 Å². The molecule has 0 saturated carbocycles. The minimum atomic E-state index is -4.51. The minimum absolute atomic E-state index is 0.0962. The van der Waals surface area contributed by atoms with E-state index in [1.807, 2.05) is 30.1 Å². The molecule has 1 amide bonds. The van der Waals surface area contributed by atoms with Crippen LogP contribution >= 0.6 is 0 Å². The van der Waals surface area contributed by atoms with Crippen molar-refractivity contribution in [3.8, 4) is 17.6 Å². The quantitative estimate of drug-likeness (QED) is 0.271. The molecule has 2 aromatic carbocycles. The number of fused-ring (bicyclic) bond motifs is 2. The maximum absolute atomic E-state index is 14.1. The monoisotopic (exact) mass is 616 g/mol. The number of carbonyl (C=O) groups is 1. The van der Waals surface area contributed by atoms with Crippen molar-refractivity contribution in [3.05, 3.63) is 88.2 Å². The number of alkyl halides is 3. The van der Waals surface area contributed by atoms with E-state index >= 15 is 0 Å². The number of hydrogen-bond donors (Lipinski definition) is 1. The molecule has 1 fully saturated rings. The number of nitriles is 1. The van der Waals surface area contributed by atoms with Crippen molar-refractivity contribution >= 4 is 16.9 Å². The number of likely N-dealkylation sites (N-methyl/N-ethyl adjacent to an activating group) is 1. The molecule has 45 heavy (non-hydrogen) atoms. The first-order valence-corrected chi connectivity index (χ1v) is 15.2. The number of amides is 1. The van der Waals surface area contributed by atoms with Gasteiger partial charge in [-0.3, -0.25) is 9.69 Å². The van der Waals surface area contributed by atoms with E-state index in [4.69, 9.17) is 4.74 Å². The second-order valence-electron chi connectivity index (χ2n) is 12.0. The fourth-order valence-corrected chi connectivity index (χ4v) is 6.30. The van der Waals surface area contributed by atoms with Crippen molar-refractivity contribution in [2.45, 2.75) is 44.9 Å². The van der Waals surface area contributed by atoms with E-state index in [2.05, 4.69) is 27.9 Å². The summed E-state index contributed by atoms with van der Waals surface area (Å²) >= 11 is 0. The first kappa shape index (κ1) is 30.6. The number of carbonyl (C=O) groups excluding carboxylic acids is 1. The second-order valence-corrected chi connectivity index (χ2v) is 12.0. The highest BCUT2D eigenvalue weighted by Crippen LogP contribution is 2.37. The summed E-state index contributed by atoms with van der Waals surface area (Å²) in [6, 6.07) is 15.7. The Hall–Kier alpha value is -4.40. The van der Waals surface area contributed by atoms with E-state index in [0.717, 1.165) is 49.8 Å². The van der Waals surface area contributed by atoms with Crippen molar-refractivity contribution in [1.82, 2.24) is 24.7 Å². The molecular weight excluding hydrogens is 581 g/mol. The van der Waals surface area contributed by atoms with Gasteiger partial charge in [0, 0.05) is 57.9 Å². The molecule has 234 valence electrons. The predicted octanol–water partition coefficient (Wildman–Crippen LogP) is 6.07. The maximum Gasteiger partial charge on any atom is 0.416 e. The molecule has 1 atom stereocenters. The third-order valence-electron chi connectivity index (χ3n) is 8.87. The fraction of sp³-hybridized carbons (Fsp3) is 0.382. The molecule has 4 heterocycles. The van der Waals surface area contributed by atoms with Crippen LogP contribution < -0.4 is 4.74 Å². The first-order chi connectivity index (χ1) is 21.6. The van der Waals surface area contributed by atoms with E-state index in [1.54, 1.807) is 29.3 Å². The van der Waals surface area contributed by atoms with Crippen LogP contribution in [-0.2, 0) is 30.5 Å². The lowest BCUT2D eigenvalue weighted by Crippen LogP contribution is -2.44. The summed E-state index contributed by atoms with van der Waals surface area (Å²) in [7, 11) is 2.01. The number of aromatic nitrogens is 2. The van der Waals surface area contributed by atoms with Crippen LogP contribution in [0.4, 0.5) is 13.2 Å². The molecule has 1 N–H and O–H groups in total. The van der Waals surface area contributed by atoms with Gasteiger partial charge in [0.15, 0.2) is 0 Å². The molecule has 2 aliphatic heterocycles. The Balaban J connectivity index is 1.19. The van der Waals surface area contributed by atoms with Crippen molar-refractivity contribution < 1.29 is 22.7 Å². The smallest absolute Gasteiger partial charge is 0.416 e. The molecule has 11 heteroatoms. The number of benzene rings is 2. The molecule has 6 rings (SSSR count). The van der Waals surface area contributed by atoms with Gasteiger partial charge in [-0.05, 0) is 66.1 Å². The highest BCUT2D eigenvalue weighted by atomic mass is 19.4. The van der Waals surface area contributed by atoms with E-state index in [-0.39, 0.29) is 30.4 Å². The summed E-state index contributed by atoms with van der Waals surface area (Å²) in [4.78, 5) is 26.7. The Bertz CT molecular complexity index is 1750. The molecule has 2 aromatic heterocycles. The van der Waals surface area contributed by atoms with Gasteiger partial charge in [0.25, 0.3) is 0 Å². The summed E-state index contributed by atoms with van der Waals surface area (Å²) < 4.78 is 48.6. The molecule has 0 radical (unpaired) electrons. The average Bonchev–Trinajstić information content (AvgIpc) is 3.46. The molecule has 1 saturated heterocycles. The normalized spacial score (nSPS) is 17.7. The highest BCUT2D eigenvalue weighted by Gasteiger charge is 2.35. The largest absolute Gasteiger partial charge is 0.457 e. The third-order valence-corrected chi connectivity index (χ3v) is 8.87. The van der Waals surface area contributed by atoms with E-state index in [9.17, 15) is 23.2 Å². The number of ether oxygens (including phenoxy) is 1. The van der Waals surface area contributed by atoms with Gasteiger partial charge in [0.2, 0.25) is 5.91 Å². The number of nitrogens with zero attached hydrogens (tertiary/aromatic N) is 5. The van der Waals surface area contributed by atoms with Crippen LogP contribution in [0.15, 0.2) is 54.7 Å². The highest BCUT2D eigenvalue weighted by molar-refractivity contribution is 5.84. The first-order valence-electron chi connectivity index (χ1n) is 15.2. The number of rotatable bonds is 7. The van der Waals surface area contributed by atoms with E-state index in [0.29, 0.717) is 46.9 Å². The Morgan fingerprint density at radius 3 is 2.64 bits per heavy atom. The molecule has 0 bridgehead atoms. The van der Waals surface area contributed by atoms with Crippen LogP contribution in [0.2, 0.25) is 0 Å². The SMILES string of the molecule is CC[C@H]1CN(C(=O)Cc2ccc(CN3CCN(C)CC3)c(C(F)(F)F)c2)Cc2cc(Oc3ccnc4[nH]c(C#N)cc34)ccc21. The van der Waals surface area contributed by atoms with Gasteiger partial charge >= 0.3 is 6.18 Å². The molecule has 0 spiro atoms. The predicted molar refractivity (Wildman–Crippen MR) is 164 cm³/mol. The van der Waals surface area contributed by atoms with Gasteiger partial charge in [-0.2, -0.15) is 18.4 Å². The Morgan fingerprint density at radius 1 is 1.11 bits per heavy atom. The molecule has 0 aliphatic carbocycles. The zero-order valence-electron chi connectivity index (χ0n) is 25.3. The van der Waals surface area contributed by atoms with Gasteiger partial charge in [0.05, 0.1) is 17.4 Å². The summed E-state index contributed by atoms with van der Waals surface area (Å²) in [5.41, 5.74) is 2.93. The fourth-order valence-electron chi connectivity index (χ4n) is 6.30. The second kappa shape index (κ2) is 12.5. The van der Waals surface area contributed by atoms with E-state index in [1.165, 1.54) is 6.07 Å². The lowest BCUT2D eigenvalue weighted by molar-refractivity contribution is -0.138. The van der Waals surface area contributed by atoms with Gasteiger partial charge < -0.3 is 19.5 Å². The topological polar surface area (TPSA) is 88.5 Å². The van der Waals surface area contributed by atoms with Gasteiger partial charge in [-0.25, -0.2) is 4.98 Å². The van der Waals surface area contributed by atoms with Crippen LogP contribution in [0, 0.1) is 11.3 Å². The lowest BCUT2D eigenvalue weighted by Gasteiger charge is -2.35. The Kier molecular flexibility index (Phi) is 8.53.